The lowest BCUT2D eigenvalue weighted by Crippen LogP contribution is -2.19. The molecule has 0 amide bonds. The van der Waals surface area contributed by atoms with Crippen molar-refractivity contribution in [3.63, 3.8) is 0 Å². The minimum absolute atomic E-state index is 0.110. The first kappa shape index (κ1) is 16.3. The van der Waals surface area contributed by atoms with Crippen LogP contribution < -0.4 is 4.74 Å². The molecule has 0 radical (unpaired) electrons. The third kappa shape index (κ3) is 6.41. The molecule has 20 heavy (non-hydrogen) atoms. The normalized spacial score (nSPS) is 10.8. The van der Waals surface area contributed by atoms with Crippen molar-refractivity contribution in [1.82, 2.24) is 0 Å². The van der Waals surface area contributed by atoms with Crippen LogP contribution in [0.25, 0.3) is 0 Å². The number of benzene rings is 1. The van der Waals surface area contributed by atoms with E-state index in [-0.39, 0.29) is 24.3 Å². The second kappa shape index (κ2) is 7.72. The van der Waals surface area contributed by atoms with Crippen molar-refractivity contribution in [2.75, 3.05) is 20.0 Å². The molecule has 0 aliphatic heterocycles. The average Bonchev–Trinajstić information content (AvgIpc) is 2.36. The summed E-state index contributed by atoms with van der Waals surface area (Å²) in [6.45, 7) is -2.20. The Kier molecular flexibility index (Phi) is 6.28. The Bertz CT molecular complexity index is 489. The van der Waals surface area contributed by atoms with Crippen LogP contribution in [0.5, 0.6) is 5.75 Å². The van der Waals surface area contributed by atoms with Gasteiger partial charge in [0.25, 0.3) is 0 Å². The van der Waals surface area contributed by atoms with Gasteiger partial charge in [0.1, 0.15) is 18.2 Å². The summed E-state index contributed by atoms with van der Waals surface area (Å²) < 4.78 is 57.8. The molecule has 0 spiro atoms. The lowest BCUT2D eigenvalue weighted by molar-refractivity contribution is -0.186. The SMILES string of the molecule is OCCC#Cc1cc(F)ccc1OCOCC(F)(F)F. The van der Waals surface area contributed by atoms with E-state index in [1.165, 1.54) is 6.07 Å². The van der Waals surface area contributed by atoms with Crippen molar-refractivity contribution >= 4 is 0 Å². The van der Waals surface area contributed by atoms with Gasteiger partial charge >= 0.3 is 6.18 Å². The van der Waals surface area contributed by atoms with Gasteiger partial charge in [0.05, 0.1) is 12.2 Å². The number of alkyl halides is 3. The van der Waals surface area contributed by atoms with Crippen LogP contribution in [-0.2, 0) is 4.74 Å². The monoisotopic (exact) mass is 292 g/mol. The van der Waals surface area contributed by atoms with E-state index < -0.39 is 25.4 Å². The Morgan fingerprint density at radius 3 is 2.65 bits per heavy atom. The van der Waals surface area contributed by atoms with Gasteiger partial charge in [-0.25, -0.2) is 4.39 Å². The fourth-order valence-electron chi connectivity index (χ4n) is 1.20. The van der Waals surface area contributed by atoms with E-state index in [2.05, 4.69) is 16.6 Å². The zero-order chi connectivity index (χ0) is 15.0. The zero-order valence-corrected chi connectivity index (χ0v) is 10.3. The quantitative estimate of drug-likeness (QED) is 0.392. The summed E-state index contributed by atoms with van der Waals surface area (Å²) in [6, 6.07) is 3.43. The molecule has 110 valence electrons. The first-order chi connectivity index (χ1) is 9.42. The van der Waals surface area contributed by atoms with E-state index >= 15 is 0 Å². The minimum atomic E-state index is -4.43. The average molecular weight is 292 g/mol. The molecule has 0 bridgehead atoms. The van der Waals surface area contributed by atoms with Crippen LogP contribution in [-0.4, -0.2) is 31.3 Å². The Hall–Kier alpha value is -1.78. The Morgan fingerprint density at radius 2 is 2.00 bits per heavy atom. The first-order valence-electron chi connectivity index (χ1n) is 5.59. The number of rotatable bonds is 5. The van der Waals surface area contributed by atoms with Crippen LogP contribution in [0.4, 0.5) is 17.6 Å². The molecule has 0 fully saturated rings. The minimum Gasteiger partial charge on any atom is -0.466 e. The van der Waals surface area contributed by atoms with Crippen molar-refractivity contribution in [3.8, 4) is 17.6 Å². The predicted octanol–water partition coefficient (Wildman–Crippen LogP) is 2.47. The summed E-state index contributed by atoms with van der Waals surface area (Å²) in [5.41, 5.74) is 0.175. The molecule has 0 atom stereocenters. The number of halogens is 4. The standard InChI is InChI=1S/C13H12F4O3/c14-11-4-5-12(10(7-11)3-1-2-6-18)20-9-19-8-13(15,16)17/h4-5,7,18H,2,6,8-9H2. The maximum atomic E-state index is 13.0. The number of aliphatic hydroxyl groups excluding tert-OH is 1. The second-order valence-corrected chi connectivity index (χ2v) is 3.64. The van der Waals surface area contributed by atoms with Gasteiger partial charge in [-0.1, -0.05) is 11.8 Å². The molecular formula is C13H12F4O3. The summed E-state index contributed by atoms with van der Waals surface area (Å²) in [5.74, 6) is 4.68. The Labute approximate surface area is 113 Å². The molecule has 1 N–H and O–H groups in total. The smallest absolute Gasteiger partial charge is 0.411 e. The number of aliphatic hydroxyl groups is 1. The summed E-state index contributed by atoms with van der Waals surface area (Å²) in [4.78, 5) is 0. The van der Waals surface area contributed by atoms with Gasteiger partial charge in [-0.15, -0.1) is 0 Å². The van der Waals surface area contributed by atoms with Gasteiger partial charge in [-0.2, -0.15) is 13.2 Å². The van der Waals surface area contributed by atoms with E-state index in [0.29, 0.717) is 0 Å². The van der Waals surface area contributed by atoms with E-state index in [1.807, 2.05) is 0 Å². The highest BCUT2D eigenvalue weighted by atomic mass is 19.4. The molecule has 0 aliphatic rings. The highest BCUT2D eigenvalue weighted by Gasteiger charge is 2.27. The van der Waals surface area contributed by atoms with Crippen LogP contribution in [0.2, 0.25) is 0 Å². The summed E-state index contributed by atoms with van der Waals surface area (Å²) in [6.07, 6.45) is -4.24. The van der Waals surface area contributed by atoms with Gasteiger partial charge in [-0.3, -0.25) is 0 Å². The largest absolute Gasteiger partial charge is 0.466 e. The number of ether oxygens (including phenoxy) is 2. The van der Waals surface area contributed by atoms with Crippen molar-refractivity contribution < 1.29 is 32.1 Å². The van der Waals surface area contributed by atoms with Gasteiger partial charge < -0.3 is 14.6 Å². The Morgan fingerprint density at radius 1 is 1.25 bits per heavy atom. The highest BCUT2D eigenvalue weighted by Crippen LogP contribution is 2.19. The molecular weight excluding hydrogens is 280 g/mol. The third-order valence-electron chi connectivity index (χ3n) is 1.96. The fraction of sp³-hybridized carbons (Fsp3) is 0.385. The van der Waals surface area contributed by atoms with Gasteiger partial charge in [0.2, 0.25) is 0 Å². The fourth-order valence-corrected chi connectivity index (χ4v) is 1.20. The van der Waals surface area contributed by atoms with Crippen LogP contribution in [0.1, 0.15) is 12.0 Å². The topological polar surface area (TPSA) is 38.7 Å². The molecule has 3 nitrogen and oxygen atoms in total. The highest BCUT2D eigenvalue weighted by molar-refractivity contribution is 5.46. The molecule has 0 saturated heterocycles. The van der Waals surface area contributed by atoms with Crippen molar-refractivity contribution in [2.24, 2.45) is 0 Å². The number of hydrogen-bond acceptors (Lipinski definition) is 3. The van der Waals surface area contributed by atoms with Crippen LogP contribution in [0.3, 0.4) is 0 Å². The summed E-state index contributed by atoms with van der Waals surface area (Å²) in [5, 5.41) is 8.58. The summed E-state index contributed by atoms with van der Waals surface area (Å²) >= 11 is 0. The molecule has 0 aliphatic carbocycles. The zero-order valence-electron chi connectivity index (χ0n) is 10.3. The first-order valence-corrected chi connectivity index (χ1v) is 5.59. The molecule has 0 heterocycles. The van der Waals surface area contributed by atoms with Crippen molar-refractivity contribution in [2.45, 2.75) is 12.6 Å². The maximum absolute atomic E-state index is 13.0. The maximum Gasteiger partial charge on any atom is 0.411 e. The molecule has 1 aromatic carbocycles. The van der Waals surface area contributed by atoms with Gasteiger partial charge in [-0.05, 0) is 18.2 Å². The molecule has 7 heteroatoms. The van der Waals surface area contributed by atoms with Crippen LogP contribution >= 0.6 is 0 Å². The lowest BCUT2D eigenvalue weighted by Gasteiger charge is -2.10. The summed E-state index contributed by atoms with van der Waals surface area (Å²) in [7, 11) is 0. The molecule has 0 aromatic heterocycles. The predicted molar refractivity (Wildman–Crippen MR) is 62.5 cm³/mol. The van der Waals surface area contributed by atoms with Crippen LogP contribution in [0.15, 0.2) is 18.2 Å². The van der Waals surface area contributed by atoms with Crippen molar-refractivity contribution in [3.05, 3.63) is 29.6 Å². The van der Waals surface area contributed by atoms with Gasteiger partial charge in [0.15, 0.2) is 6.79 Å². The molecule has 1 aromatic rings. The molecule has 0 unspecified atom stereocenters. The van der Waals surface area contributed by atoms with E-state index in [0.717, 1.165) is 12.1 Å². The van der Waals surface area contributed by atoms with E-state index in [4.69, 9.17) is 9.84 Å². The lowest BCUT2D eigenvalue weighted by atomic mass is 10.2. The van der Waals surface area contributed by atoms with Crippen LogP contribution in [0, 0.1) is 17.7 Å². The molecule has 0 saturated carbocycles. The second-order valence-electron chi connectivity index (χ2n) is 3.64. The molecule has 1 rings (SSSR count). The van der Waals surface area contributed by atoms with Crippen molar-refractivity contribution in [1.29, 1.82) is 0 Å². The third-order valence-corrected chi connectivity index (χ3v) is 1.96. The van der Waals surface area contributed by atoms with E-state index in [1.54, 1.807) is 0 Å². The van der Waals surface area contributed by atoms with Gasteiger partial charge in [0, 0.05) is 6.42 Å². The number of hydrogen-bond donors (Lipinski definition) is 1. The van der Waals surface area contributed by atoms with E-state index in [9.17, 15) is 17.6 Å². The Balaban J connectivity index is 2.63.